The van der Waals surface area contributed by atoms with E-state index in [0.29, 0.717) is 35.2 Å². The van der Waals surface area contributed by atoms with Gasteiger partial charge in [-0.05, 0) is 87.1 Å². The Balaban J connectivity index is 1.30. The molecule has 40 heavy (non-hydrogen) atoms. The van der Waals surface area contributed by atoms with E-state index in [1.807, 2.05) is 56.3 Å². The van der Waals surface area contributed by atoms with Gasteiger partial charge in [-0.25, -0.2) is 9.97 Å². The SMILES string of the molecule is CC(C)Oc1cc(CNc2ncccc2C(=O)N(C)C2CC2)cc(-c2c[nH]c3ncc(C(=O)NC4CC4)cc23)c1. The van der Waals surface area contributed by atoms with Gasteiger partial charge in [0.2, 0.25) is 0 Å². The molecule has 206 valence electrons. The molecule has 2 fully saturated rings. The van der Waals surface area contributed by atoms with Gasteiger partial charge in [0.15, 0.2) is 0 Å². The minimum atomic E-state index is -0.0983. The summed E-state index contributed by atoms with van der Waals surface area (Å²) < 4.78 is 6.10. The van der Waals surface area contributed by atoms with Crippen molar-refractivity contribution in [2.45, 2.75) is 64.3 Å². The fourth-order valence-corrected chi connectivity index (χ4v) is 4.84. The Morgan fingerprint density at radius 2 is 1.95 bits per heavy atom. The van der Waals surface area contributed by atoms with Crippen molar-refractivity contribution in [3.63, 3.8) is 0 Å². The van der Waals surface area contributed by atoms with Gasteiger partial charge in [0, 0.05) is 55.2 Å². The van der Waals surface area contributed by atoms with Crippen molar-refractivity contribution in [2.75, 3.05) is 12.4 Å². The molecule has 0 spiro atoms. The third-order valence-electron chi connectivity index (χ3n) is 7.27. The fraction of sp³-hybridized carbons (Fsp3) is 0.355. The first-order valence-electron chi connectivity index (χ1n) is 13.9. The number of nitrogens with zero attached hydrogens (tertiary/aromatic N) is 3. The fourth-order valence-electron chi connectivity index (χ4n) is 4.84. The molecule has 3 aromatic heterocycles. The number of hydrogen-bond acceptors (Lipinski definition) is 6. The maximum Gasteiger partial charge on any atom is 0.257 e. The topological polar surface area (TPSA) is 112 Å². The van der Waals surface area contributed by atoms with E-state index in [-0.39, 0.29) is 24.0 Å². The van der Waals surface area contributed by atoms with Crippen molar-refractivity contribution >= 4 is 28.7 Å². The predicted octanol–water partition coefficient (Wildman–Crippen LogP) is 5.15. The largest absolute Gasteiger partial charge is 0.491 e. The second kappa shape index (κ2) is 10.6. The molecule has 2 saturated carbocycles. The van der Waals surface area contributed by atoms with Crippen molar-refractivity contribution in [2.24, 2.45) is 0 Å². The lowest BCUT2D eigenvalue weighted by Crippen LogP contribution is -2.29. The third kappa shape index (κ3) is 5.64. The van der Waals surface area contributed by atoms with E-state index in [9.17, 15) is 9.59 Å². The Morgan fingerprint density at radius 1 is 1.12 bits per heavy atom. The number of anilines is 1. The lowest BCUT2D eigenvalue weighted by Gasteiger charge is -2.19. The molecule has 9 nitrogen and oxygen atoms in total. The van der Waals surface area contributed by atoms with Gasteiger partial charge in [-0.2, -0.15) is 0 Å². The number of carbonyl (C=O) groups is 2. The zero-order chi connectivity index (χ0) is 27.8. The lowest BCUT2D eigenvalue weighted by atomic mass is 10.0. The molecule has 0 aliphatic heterocycles. The Kier molecular flexibility index (Phi) is 6.88. The molecule has 9 heteroatoms. The van der Waals surface area contributed by atoms with Crippen LogP contribution in [0.2, 0.25) is 0 Å². The van der Waals surface area contributed by atoms with Gasteiger partial charge in [-0.1, -0.05) is 0 Å². The van der Waals surface area contributed by atoms with Gasteiger partial charge in [0.05, 0.1) is 17.2 Å². The minimum absolute atomic E-state index is 0.00334. The highest BCUT2D eigenvalue weighted by Gasteiger charge is 2.31. The molecule has 0 radical (unpaired) electrons. The maximum absolute atomic E-state index is 13.1. The number of amides is 2. The van der Waals surface area contributed by atoms with Crippen LogP contribution >= 0.6 is 0 Å². The number of pyridine rings is 2. The number of hydrogen-bond donors (Lipinski definition) is 3. The molecule has 0 saturated heterocycles. The van der Waals surface area contributed by atoms with Crippen LogP contribution < -0.4 is 15.4 Å². The molecule has 2 aliphatic carbocycles. The highest BCUT2D eigenvalue weighted by molar-refractivity contribution is 6.01. The number of fused-ring (bicyclic) bond motifs is 1. The Labute approximate surface area is 233 Å². The van der Waals surface area contributed by atoms with Gasteiger partial charge in [0.1, 0.15) is 17.2 Å². The molecule has 2 aliphatic rings. The van der Waals surface area contributed by atoms with E-state index in [4.69, 9.17) is 4.74 Å². The molecule has 4 aromatic rings. The first-order chi connectivity index (χ1) is 19.4. The lowest BCUT2D eigenvalue weighted by molar-refractivity contribution is 0.0785. The normalized spacial score (nSPS) is 14.8. The number of benzene rings is 1. The number of rotatable bonds is 10. The molecular weight excluding hydrogens is 504 g/mol. The van der Waals surface area contributed by atoms with Crippen LogP contribution in [0.3, 0.4) is 0 Å². The van der Waals surface area contributed by atoms with E-state index in [2.05, 4.69) is 31.7 Å². The first-order valence-corrected chi connectivity index (χ1v) is 13.9. The molecule has 3 heterocycles. The monoisotopic (exact) mass is 538 g/mol. The molecule has 3 N–H and O–H groups in total. The number of ether oxygens (including phenoxy) is 1. The van der Waals surface area contributed by atoms with E-state index in [0.717, 1.165) is 53.5 Å². The second-order valence-corrected chi connectivity index (χ2v) is 11.0. The average molecular weight is 539 g/mol. The summed E-state index contributed by atoms with van der Waals surface area (Å²) in [5.41, 5.74) is 4.65. The Bertz CT molecular complexity index is 1570. The number of carbonyl (C=O) groups excluding carboxylic acids is 2. The van der Waals surface area contributed by atoms with Gasteiger partial charge >= 0.3 is 0 Å². The number of aromatic nitrogens is 3. The summed E-state index contributed by atoms with van der Waals surface area (Å²) >= 11 is 0. The molecule has 0 unspecified atom stereocenters. The molecule has 0 atom stereocenters. The zero-order valence-electron chi connectivity index (χ0n) is 23.0. The van der Waals surface area contributed by atoms with E-state index in [1.54, 1.807) is 18.5 Å². The molecule has 0 bridgehead atoms. The van der Waals surface area contributed by atoms with Crippen molar-refractivity contribution in [3.8, 4) is 16.9 Å². The number of nitrogens with one attached hydrogen (secondary N) is 3. The number of H-pyrrole nitrogens is 1. The summed E-state index contributed by atoms with van der Waals surface area (Å²) in [6.07, 6.45) is 9.37. The first kappa shape index (κ1) is 25.9. The highest BCUT2D eigenvalue weighted by atomic mass is 16.5. The van der Waals surface area contributed by atoms with Crippen LogP contribution in [-0.2, 0) is 6.54 Å². The predicted molar refractivity (Wildman–Crippen MR) is 154 cm³/mol. The summed E-state index contributed by atoms with van der Waals surface area (Å²) in [7, 11) is 1.85. The molecular formula is C31H34N6O3. The van der Waals surface area contributed by atoms with Crippen LogP contribution in [0.4, 0.5) is 5.82 Å². The summed E-state index contributed by atoms with van der Waals surface area (Å²) in [6, 6.07) is 12.2. The van der Waals surface area contributed by atoms with E-state index in [1.165, 1.54) is 0 Å². The average Bonchev–Trinajstić information content (AvgIpc) is 3.89. The van der Waals surface area contributed by atoms with Crippen LogP contribution in [0.1, 0.15) is 65.8 Å². The van der Waals surface area contributed by atoms with Crippen molar-refractivity contribution < 1.29 is 14.3 Å². The summed E-state index contributed by atoms with van der Waals surface area (Å²) in [4.78, 5) is 39.8. The van der Waals surface area contributed by atoms with Crippen LogP contribution in [0.5, 0.6) is 5.75 Å². The van der Waals surface area contributed by atoms with Crippen molar-refractivity contribution in [1.29, 1.82) is 0 Å². The minimum Gasteiger partial charge on any atom is -0.491 e. The van der Waals surface area contributed by atoms with E-state index < -0.39 is 0 Å². The maximum atomic E-state index is 13.1. The van der Waals surface area contributed by atoms with Gasteiger partial charge in [0.25, 0.3) is 11.8 Å². The van der Waals surface area contributed by atoms with Crippen LogP contribution in [-0.4, -0.2) is 56.9 Å². The molecule has 6 rings (SSSR count). The van der Waals surface area contributed by atoms with Crippen LogP contribution in [0, 0.1) is 0 Å². The molecule has 1 aromatic carbocycles. The highest BCUT2D eigenvalue weighted by Crippen LogP contribution is 2.33. The number of aromatic amines is 1. The standard InChI is InChI=1S/C31H34N6O3/c1-18(2)40-24-12-19(15-33-28-25(5-4-10-32-28)31(39)37(3)23-8-9-23)11-20(13-24)27-17-35-29-26(27)14-21(16-34-29)30(38)36-22-6-7-22/h4-5,10-14,16-18,22-23H,6-9,15H2,1-3H3,(H,32,33)(H,34,35)(H,36,38). The van der Waals surface area contributed by atoms with Gasteiger partial charge in [-0.15, -0.1) is 0 Å². The summed E-state index contributed by atoms with van der Waals surface area (Å²) in [6.45, 7) is 4.43. The van der Waals surface area contributed by atoms with Crippen LogP contribution in [0.15, 0.2) is 55.0 Å². The van der Waals surface area contributed by atoms with Crippen molar-refractivity contribution in [3.05, 3.63) is 71.7 Å². The van der Waals surface area contributed by atoms with E-state index >= 15 is 0 Å². The quantitative estimate of drug-likeness (QED) is 0.257. The smallest absolute Gasteiger partial charge is 0.257 e. The Morgan fingerprint density at radius 3 is 2.70 bits per heavy atom. The van der Waals surface area contributed by atoms with Gasteiger partial charge in [-0.3, -0.25) is 9.59 Å². The zero-order valence-corrected chi connectivity index (χ0v) is 23.0. The van der Waals surface area contributed by atoms with Crippen LogP contribution in [0.25, 0.3) is 22.2 Å². The molecule has 2 amide bonds. The third-order valence-corrected chi connectivity index (χ3v) is 7.27. The second-order valence-electron chi connectivity index (χ2n) is 11.0. The summed E-state index contributed by atoms with van der Waals surface area (Å²) in [5, 5.41) is 7.28. The van der Waals surface area contributed by atoms with Gasteiger partial charge < -0.3 is 25.3 Å². The van der Waals surface area contributed by atoms with Crippen molar-refractivity contribution in [1.82, 2.24) is 25.2 Å². The Hall–Kier alpha value is -4.40. The summed E-state index contributed by atoms with van der Waals surface area (Å²) in [5.74, 6) is 1.17.